The van der Waals surface area contributed by atoms with Crippen LogP contribution in [0.25, 0.3) is 17.2 Å². The number of benzene rings is 1. The van der Waals surface area contributed by atoms with Crippen molar-refractivity contribution in [2.45, 2.75) is 64.1 Å². The average molecular weight is 532 g/mol. The maximum absolute atomic E-state index is 13.5. The van der Waals surface area contributed by atoms with Gasteiger partial charge in [-0.3, -0.25) is 9.54 Å². The minimum absolute atomic E-state index is 0.0535. The van der Waals surface area contributed by atoms with Crippen molar-refractivity contribution in [2.24, 2.45) is 17.8 Å². The molecule has 37 heavy (non-hydrogen) atoms. The number of rotatable bonds is 6. The number of fused-ring (bicyclic) bond motifs is 1. The van der Waals surface area contributed by atoms with Crippen LogP contribution in [0.15, 0.2) is 48.7 Å². The number of halogens is 1. The number of hydrogen-bond acceptors (Lipinski definition) is 5. The van der Waals surface area contributed by atoms with E-state index in [4.69, 9.17) is 4.74 Å². The first-order valence-corrected chi connectivity index (χ1v) is 13.9. The van der Waals surface area contributed by atoms with Crippen LogP contribution in [0.2, 0.25) is 0 Å². The fourth-order valence-corrected chi connectivity index (χ4v) is 6.24. The third-order valence-corrected chi connectivity index (χ3v) is 7.61. The molecule has 4 rings (SSSR count). The van der Waals surface area contributed by atoms with Crippen molar-refractivity contribution in [1.82, 2.24) is 15.0 Å². The highest BCUT2D eigenvalue weighted by atomic mass is 32.2. The highest BCUT2D eigenvalue weighted by Gasteiger charge is 2.46. The molecule has 0 aliphatic heterocycles. The molecule has 10 heteroatoms. The summed E-state index contributed by atoms with van der Waals surface area (Å²) in [4.78, 5) is 16.7. The molecule has 2 saturated carbocycles. The summed E-state index contributed by atoms with van der Waals surface area (Å²) in [6.45, 7) is 5.44. The van der Waals surface area contributed by atoms with Gasteiger partial charge in [0, 0.05) is 23.8 Å². The number of alkyl carbamates (subject to hydrolysis) is 1. The van der Waals surface area contributed by atoms with Crippen molar-refractivity contribution in [3.05, 3.63) is 60.2 Å². The van der Waals surface area contributed by atoms with Crippen LogP contribution in [-0.2, 0) is 15.0 Å². The predicted molar refractivity (Wildman–Crippen MR) is 139 cm³/mol. The molecule has 0 radical (unpaired) electrons. The molecule has 0 spiro atoms. The lowest BCUT2D eigenvalue weighted by Gasteiger charge is -2.34. The smallest absolute Gasteiger partial charge is 0.407 e. The summed E-state index contributed by atoms with van der Waals surface area (Å²) in [5, 5.41) is 2.95. The summed E-state index contributed by atoms with van der Waals surface area (Å²) >= 11 is 0. The maximum Gasteiger partial charge on any atom is 0.407 e. The highest BCUT2D eigenvalue weighted by molar-refractivity contribution is 7.83. The third-order valence-electron chi connectivity index (χ3n) is 7.01. The van der Waals surface area contributed by atoms with Gasteiger partial charge in [-0.2, -0.15) is 13.1 Å². The van der Waals surface area contributed by atoms with Crippen molar-refractivity contribution >= 4 is 22.5 Å². The van der Waals surface area contributed by atoms with Crippen LogP contribution in [0.4, 0.5) is 9.18 Å². The summed E-state index contributed by atoms with van der Waals surface area (Å²) in [5.74, 6) is -0.0885. The molecule has 2 fully saturated rings. The van der Waals surface area contributed by atoms with Crippen molar-refractivity contribution in [2.75, 3.05) is 0 Å². The first-order valence-electron chi connectivity index (χ1n) is 12.5. The quantitative estimate of drug-likeness (QED) is 0.452. The molecular weight excluding hydrogens is 497 g/mol. The van der Waals surface area contributed by atoms with E-state index in [1.807, 2.05) is 51.1 Å². The lowest BCUT2D eigenvalue weighted by atomic mass is 9.75. The van der Waals surface area contributed by atoms with Gasteiger partial charge >= 0.3 is 16.4 Å². The van der Waals surface area contributed by atoms with E-state index < -0.39 is 28.0 Å². The van der Waals surface area contributed by atoms with Gasteiger partial charge in [-0.1, -0.05) is 24.3 Å². The van der Waals surface area contributed by atoms with E-state index in [0.717, 1.165) is 24.0 Å². The van der Waals surface area contributed by atoms with Gasteiger partial charge in [0.2, 0.25) is 0 Å². The fourth-order valence-electron chi connectivity index (χ4n) is 5.60. The highest BCUT2D eigenvalue weighted by Crippen LogP contribution is 2.47. The number of carbonyl (C=O) groups excluding carboxylic acids is 1. The summed E-state index contributed by atoms with van der Waals surface area (Å²) in [6.07, 6.45) is 7.85. The average Bonchev–Trinajstić information content (AvgIpc) is 3.11. The first-order chi connectivity index (χ1) is 17.4. The number of amides is 1. The van der Waals surface area contributed by atoms with Gasteiger partial charge in [-0.15, -0.1) is 0 Å². The van der Waals surface area contributed by atoms with E-state index >= 15 is 0 Å². The zero-order valence-corrected chi connectivity index (χ0v) is 22.0. The molecule has 1 aromatic carbocycles. The molecule has 1 unspecified atom stereocenters. The Kier molecular flexibility index (Phi) is 8.01. The minimum atomic E-state index is -4.38. The van der Waals surface area contributed by atoms with Crippen molar-refractivity contribution in [1.29, 1.82) is 0 Å². The van der Waals surface area contributed by atoms with Crippen molar-refractivity contribution in [3.63, 3.8) is 0 Å². The maximum atomic E-state index is 13.5. The Labute approximate surface area is 217 Å². The largest absolute Gasteiger partial charge is 0.444 e. The minimum Gasteiger partial charge on any atom is -0.444 e. The van der Waals surface area contributed by atoms with Crippen molar-refractivity contribution < 1.29 is 26.9 Å². The van der Waals surface area contributed by atoms with E-state index in [2.05, 4.69) is 15.0 Å². The Morgan fingerprint density at radius 2 is 1.95 bits per heavy atom. The number of nitrogens with zero attached hydrogens (tertiary/aromatic N) is 1. The molecule has 2 aliphatic rings. The van der Waals surface area contributed by atoms with Crippen LogP contribution in [0.3, 0.4) is 0 Å². The van der Waals surface area contributed by atoms with Gasteiger partial charge in [0.15, 0.2) is 0 Å². The normalized spacial score (nSPS) is 26.1. The number of carbonyl (C=O) groups is 1. The van der Waals surface area contributed by atoms with E-state index in [1.165, 1.54) is 12.1 Å². The molecule has 8 nitrogen and oxygen atoms in total. The molecule has 1 aromatic heterocycles. The fraction of sp³-hybridized carbons (Fsp3) is 0.481. The van der Waals surface area contributed by atoms with Gasteiger partial charge in [0.25, 0.3) is 0 Å². The van der Waals surface area contributed by atoms with E-state index in [-0.39, 0.29) is 29.6 Å². The van der Waals surface area contributed by atoms with Crippen LogP contribution in [0.5, 0.6) is 0 Å². The Balaban J connectivity index is 1.46. The third kappa shape index (κ3) is 7.59. The molecule has 0 saturated heterocycles. The topological polar surface area (TPSA) is 118 Å². The van der Waals surface area contributed by atoms with Crippen LogP contribution < -0.4 is 10.0 Å². The van der Waals surface area contributed by atoms with Gasteiger partial charge in [0.05, 0.1) is 5.69 Å². The number of aromatic nitrogens is 1. The standard InChI is InChI=1S/C27H34FN3O5S/c1-27(2,3)36-26(32)30-22-10-11-23-19(14-22)15-25(31-37(33,34)35)24(23)12-9-21-8-7-18(16-29-21)17-5-4-6-20(28)13-17/h4-9,12-13,16,19,22-25,31H,10-11,14-15H2,1-3H3,(H,30,32)(H,33,34,35)/b12-9+/t19-,22?,23+,24-,25-/m0/s1. The number of pyridine rings is 1. The molecule has 2 aromatic rings. The van der Waals surface area contributed by atoms with Gasteiger partial charge in [-0.25, -0.2) is 9.18 Å². The predicted octanol–water partition coefficient (Wildman–Crippen LogP) is 4.99. The summed E-state index contributed by atoms with van der Waals surface area (Å²) in [5.41, 5.74) is 1.63. The number of ether oxygens (including phenoxy) is 1. The van der Waals surface area contributed by atoms with E-state index in [9.17, 15) is 22.2 Å². The summed E-state index contributed by atoms with van der Waals surface area (Å²) < 4.78 is 54.1. The Hall–Kier alpha value is -2.82. The molecular formula is C27H34FN3O5S. The zero-order valence-electron chi connectivity index (χ0n) is 21.2. The first kappa shape index (κ1) is 27.2. The Bertz CT molecular complexity index is 1240. The molecule has 0 bridgehead atoms. The zero-order chi connectivity index (χ0) is 26.8. The lowest BCUT2D eigenvalue weighted by Crippen LogP contribution is -2.43. The van der Waals surface area contributed by atoms with Gasteiger partial charge in [-0.05, 0) is 94.0 Å². The number of hydrogen-bond donors (Lipinski definition) is 3. The molecule has 1 amide bonds. The second-order valence-corrected chi connectivity index (χ2v) is 12.1. The molecule has 3 N–H and O–H groups in total. The van der Waals surface area contributed by atoms with Gasteiger partial charge < -0.3 is 10.1 Å². The Morgan fingerprint density at radius 1 is 1.16 bits per heavy atom. The lowest BCUT2D eigenvalue weighted by molar-refractivity contribution is 0.0474. The Morgan fingerprint density at radius 3 is 2.59 bits per heavy atom. The monoisotopic (exact) mass is 531 g/mol. The SMILES string of the molecule is CC(C)(C)OC(=O)NC1CC[C@@H]2[C@@H](C1)C[C@H](NS(=O)(=O)O)[C@H]2/C=C/c1ccc(-c2cccc(F)c2)cn1. The van der Waals surface area contributed by atoms with Crippen molar-refractivity contribution in [3.8, 4) is 11.1 Å². The van der Waals surface area contributed by atoms with Crippen LogP contribution >= 0.6 is 0 Å². The second kappa shape index (κ2) is 10.9. The molecule has 5 atom stereocenters. The second-order valence-electron chi connectivity index (χ2n) is 10.9. The van der Waals surface area contributed by atoms with Crippen LogP contribution in [0.1, 0.15) is 52.1 Å². The van der Waals surface area contributed by atoms with Crippen LogP contribution in [0, 0.1) is 23.6 Å². The molecule has 1 heterocycles. The van der Waals surface area contributed by atoms with E-state index in [1.54, 1.807) is 12.3 Å². The molecule has 2 aliphatic carbocycles. The number of nitrogens with one attached hydrogen (secondary N) is 2. The van der Waals surface area contributed by atoms with Crippen LogP contribution in [-0.4, -0.2) is 41.7 Å². The molecule has 200 valence electrons. The van der Waals surface area contributed by atoms with Gasteiger partial charge in [0.1, 0.15) is 11.4 Å². The summed E-state index contributed by atoms with van der Waals surface area (Å²) in [7, 11) is -4.38. The van der Waals surface area contributed by atoms with E-state index in [0.29, 0.717) is 18.5 Å². The summed E-state index contributed by atoms with van der Waals surface area (Å²) in [6, 6.07) is 9.47.